The Morgan fingerprint density at radius 3 is 2.67 bits per heavy atom. The summed E-state index contributed by atoms with van der Waals surface area (Å²) in [5.74, 6) is 0.898. The van der Waals surface area contributed by atoms with Crippen molar-refractivity contribution < 1.29 is 0 Å². The number of alkyl halides is 1. The van der Waals surface area contributed by atoms with Gasteiger partial charge in [0.05, 0.1) is 8.61 Å². The highest BCUT2D eigenvalue weighted by Crippen LogP contribution is 2.49. The van der Waals surface area contributed by atoms with Crippen LogP contribution in [0.15, 0.2) is 9.85 Å². The van der Waals surface area contributed by atoms with Gasteiger partial charge in [0.25, 0.3) is 0 Å². The Kier molecular flexibility index (Phi) is 2.64. The van der Waals surface area contributed by atoms with Gasteiger partial charge in [-0.2, -0.15) is 0 Å². The summed E-state index contributed by atoms with van der Waals surface area (Å²) < 4.78 is 1.28. The first-order chi connectivity index (χ1) is 5.68. The van der Waals surface area contributed by atoms with Gasteiger partial charge in [0, 0.05) is 4.88 Å². The predicted molar refractivity (Wildman–Crippen MR) is 61.1 cm³/mol. The zero-order valence-electron chi connectivity index (χ0n) is 6.81. The highest BCUT2D eigenvalue weighted by Gasteiger charge is 2.31. The summed E-state index contributed by atoms with van der Waals surface area (Å²) in [5.41, 5.74) is 1.36. The van der Waals surface area contributed by atoms with Crippen molar-refractivity contribution in [3.8, 4) is 0 Å². The largest absolute Gasteiger partial charge is 0.132 e. The molecule has 0 spiro atoms. The van der Waals surface area contributed by atoms with Crippen molar-refractivity contribution in [1.82, 2.24) is 0 Å². The van der Waals surface area contributed by atoms with Crippen LogP contribution in [0.5, 0.6) is 0 Å². The van der Waals surface area contributed by atoms with Gasteiger partial charge in [-0.3, -0.25) is 0 Å². The van der Waals surface area contributed by atoms with Crippen molar-refractivity contribution in [2.75, 3.05) is 0 Å². The molecule has 0 nitrogen and oxygen atoms in total. The Labute approximate surface area is 93.6 Å². The van der Waals surface area contributed by atoms with Gasteiger partial charge in [0.15, 0.2) is 0 Å². The lowest BCUT2D eigenvalue weighted by Gasteiger charge is -2.02. The average molecular weight is 310 g/mol. The van der Waals surface area contributed by atoms with E-state index in [1.165, 1.54) is 27.1 Å². The molecule has 1 aliphatic rings. The average Bonchev–Trinajstić information content (AvgIpc) is 2.80. The molecule has 0 N–H and O–H groups in total. The van der Waals surface area contributed by atoms with Gasteiger partial charge in [-0.15, -0.1) is 11.3 Å². The summed E-state index contributed by atoms with van der Waals surface area (Å²) in [7, 11) is 0. The van der Waals surface area contributed by atoms with Gasteiger partial charge in [-0.1, -0.05) is 15.9 Å². The normalized spacial score (nSPS) is 19.6. The Balaban J connectivity index is 2.21. The monoisotopic (exact) mass is 308 g/mol. The van der Waals surface area contributed by atoms with Crippen LogP contribution < -0.4 is 0 Å². The molecule has 12 heavy (non-hydrogen) atoms. The number of aryl methyl sites for hydroxylation is 1. The maximum absolute atomic E-state index is 3.75. The fraction of sp³-hybridized carbons (Fsp3) is 0.556. The topological polar surface area (TPSA) is 0 Å². The van der Waals surface area contributed by atoms with E-state index in [4.69, 9.17) is 0 Å². The van der Waals surface area contributed by atoms with Gasteiger partial charge < -0.3 is 0 Å². The zero-order chi connectivity index (χ0) is 8.72. The van der Waals surface area contributed by atoms with E-state index in [9.17, 15) is 0 Å². The molecule has 1 heterocycles. The second kappa shape index (κ2) is 3.43. The van der Waals surface area contributed by atoms with E-state index >= 15 is 0 Å². The third-order valence-corrected chi connectivity index (χ3v) is 5.95. The molecular weight excluding hydrogens is 300 g/mol. The minimum Gasteiger partial charge on any atom is -0.132 e. The molecule has 1 aliphatic carbocycles. The lowest BCUT2D eigenvalue weighted by Crippen LogP contribution is -1.86. The van der Waals surface area contributed by atoms with E-state index < -0.39 is 0 Å². The summed E-state index contributed by atoms with van der Waals surface area (Å²) in [6.45, 7) is 2.15. The van der Waals surface area contributed by atoms with Crippen molar-refractivity contribution in [2.45, 2.75) is 24.6 Å². The van der Waals surface area contributed by atoms with Crippen LogP contribution >= 0.6 is 43.2 Å². The minimum atomic E-state index is 0.604. The third kappa shape index (κ3) is 1.78. The van der Waals surface area contributed by atoms with Gasteiger partial charge in [0.2, 0.25) is 0 Å². The van der Waals surface area contributed by atoms with E-state index in [1.807, 2.05) is 11.3 Å². The molecule has 0 bridgehead atoms. The molecule has 1 unspecified atom stereocenters. The van der Waals surface area contributed by atoms with Crippen molar-refractivity contribution >= 4 is 43.2 Å². The maximum atomic E-state index is 3.75. The highest BCUT2D eigenvalue weighted by atomic mass is 79.9. The Morgan fingerprint density at radius 2 is 2.25 bits per heavy atom. The molecule has 3 heteroatoms. The number of thiophene rings is 1. The molecule has 0 aliphatic heterocycles. The number of hydrogen-bond donors (Lipinski definition) is 0. The van der Waals surface area contributed by atoms with Crippen molar-refractivity contribution in [1.29, 1.82) is 0 Å². The Bertz CT molecular complexity index is 269. The standard InChI is InChI=1S/C9H10Br2S/c1-5-4-7(12-9(5)11)8(10)6-2-3-6/h4,6,8H,2-3H2,1H3. The van der Waals surface area contributed by atoms with Crippen LogP contribution in [0.3, 0.4) is 0 Å². The Hall–Kier alpha value is 0.660. The van der Waals surface area contributed by atoms with Crippen molar-refractivity contribution in [3.63, 3.8) is 0 Å². The van der Waals surface area contributed by atoms with E-state index in [1.54, 1.807) is 0 Å². The third-order valence-electron chi connectivity index (χ3n) is 2.18. The van der Waals surface area contributed by atoms with Gasteiger partial charge in [-0.05, 0) is 53.2 Å². The number of hydrogen-bond acceptors (Lipinski definition) is 1. The van der Waals surface area contributed by atoms with Crippen LogP contribution in [0.4, 0.5) is 0 Å². The summed E-state index contributed by atoms with van der Waals surface area (Å²) in [6, 6.07) is 2.28. The van der Waals surface area contributed by atoms with Gasteiger partial charge >= 0.3 is 0 Å². The molecule has 1 aromatic heterocycles. The number of rotatable bonds is 2. The molecule has 66 valence electrons. The second-order valence-electron chi connectivity index (χ2n) is 3.34. The van der Waals surface area contributed by atoms with Crippen LogP contribution in [0.25, 0.3) is 0 Å². The lowest BCUT2D eigenvalue weighted by molar-refractivity contribution is 0.836. The van der Waals surface area contributed by atoms with Gasteiger partial charge in [0.1, 0.15) is 0 Å². The SMILES string of the molecule is Cc1cc(C(Br)C2CC2)sc1Br. The second-order valence-corrected chi connectivity index (χ2v) is 6.73. The van der Waals surface area contributed by atoms with Crippen LogP contribution in [-0.2, 0) is 0 Å². The van der Waals surface area contributed by atoms with E-state index in [2.05, 4.69) is 44.8 Å². The lowest BCUT2D eigenvalue weighted by atomic mass is 10.2. The first-order valence-corrected chi connectivity index (χ1v) is 6.61. The summed E-state index contributed by atoms with van der Waals surface area (Å²) in [6.07, 6.45) is 2.79. The van der Waals surface area contributed by atoms with Crippen LogP contribution in [-0.4, -0.2) is 0 Å². The Morgan fingerprint density at radius 1 is 1.58 bits per heavy atom. The van der Waals surface area contributed by atoms with E-state index in [0.29, 0.717) is 4.83 Å². The van der Waals surface area contributed by atoms with Gasteiger partial charge in [-0.25, -0.2) is 0 Å². The molecule has 0 aromatic carbocycles. The van der Waals surface area contributed by atoms with Crippen molar-refractivity contribution in [2.24, 2.45) is 5.92 Å². The van der Waals surface area contributed by atoms with Crippen LogP contribution in [0.2, 0.25) is 0 Å². The molecule has 0 radical (unpaired) electrons. The molecule has 1 atom stereocenters. The van der Waals surface area contributed by atoms with Crippen LogP contribution in [0, 0.1) is 12.8 Å². The molecule has 0 amide bonds. The van der Waals surface area contributed by atoms with E-state index in [-0.39, 0.29) is 0 Å². The molecule has 1 saturated carbocycles. The molecule has 1 aromatic rings. The molecule has 0 saturated heterocycles. The number of halogens is 2. The first kappa shape index (κ1) is 9.22. The summed E-state index contributed by atoms with van der Waals surface area (Å²) in [5, 5.41) is 0. The highest BCUT2D eigenvalue weighted by molar-refractivity contribution is 9.11. The smallest absolute Gasteiger partial charge is 0.0730 e. The summed E-state index contributed by atoms with van der Waals surface area (Å²) >= 11 is 9.16. The molecule has 2 rings (SSSR count). The molecular formula is C9H10Br2S. The summed E-state index contributed by atoms with van der Waals surface area (Å²) in [4.78, 5) is 2.08. The van der Waals surface area contributed by atoms with Crippen molar-refractivity contribution in [3.05, 3.63) is 20.3 Å². The quantitative estimate of drug-likeness (QED) is 0.697. The maximum Gasteiger partial charge on any atom is 0.0730 e. The zero-order valence-corrected chi connectivity index (χ0v) is 10.8. The molecule has 1 fully saturated rings. The fourth-order valence-corrected chi connectivity index (χ4v) is 3.82. The first-order valence-electron chi connectivity index (χ1n) is 4.08. The predicted octanol–water partition coefficient (Wildman–Crippen LogP) is 4.67. The van der Waals surface area contributed by atoms with E-state index in [0.717, 1.165) is 5.92 Å². The van der Waals surface area contributed by atoms with Crippen LogP contribution in [0.1, 0.15) is 28.1 Å². The minimum absolute atomic E-state index is 0.604. The fourth-order valence-electron chi connectivity index (χ4n) is 1.24.